The SMILES string of the molecule is COc1cccc(F)c1CN1CCc2c(nc(-c3ccc(C)cc3)[nH]c2=O)C1. The summed E-state index contributed by atoms with van der Waals surface area (Å²) < 4.78 is 19.6. The van der Waals surface area contributed by atoms with E-state index in [4.69, 9.17) is 9.72 Å². The van der Waals surface area contributed by atoms with E-state index in [1.165, 1.54) is 6.07 Å². The minimum absolute atomic E-state index is 0.0938. The lowest BCUT2D eigenvalue weighted by atomic mass is 10.0. The number of hydrogen-bond donors (Lipinski definition) is 1. The average Bonchev–Trinajstić information content (AvgIpc) is 2.70. The second-order valence-electron chi connectivity index (χ2n) is 7.09. The molecule has 0 spiro atoms. The van der Waals surface area contributed by atoms with Crippen LogP contribution in [0, 0.1) is 12.7 Å². The number of methoxy groups -OCH3 is 1. The van der Waals surface area contributed by atoms with E-state index >= 15 is 0 Å². The lowest BCUT2D eigenvalue weighted by Gasteiger charge is -2.28. The van der Waals surface area contributed by atoms with Gasteiger partial charge in [0.15, 0.2) is 0 Å². The molecule has 0 unspecified atom stereocenters. The monoisotopic (exact) mass is 379 g/mol. The number of hydrogen-bond acceptors (Lipinski definition) is 4. The highest BCUT2D eigenvalue weighted by Gasteiger charge is 2.23. The van der Waals surface area contributed by atoms with Gasteiger partial charge >= 0.3 is 0 Å². The molecule has 0 radical (unpaired) electrons. The Labute approximate surface area is 162 Å². The minimum Gasteiger partial charge on any atom is -0.496 e. The van der Waals surface area contributed by atoms with Crippen molar-refractivity contribution in [3.8, 4) is 17.1 Å². The molecule has 2 heterocycles. The smallest absolute Gasteiger partial charge is 0.254 e. The number of aromatic amines is 1. The predicted molar refractivity (Wildman–Crippen MR) is 106 cm³/mol. The van der Waals surface area contributed by atoms with Crippen LogP contribution < -0.4 is 10.3 Å². The first kappa shape index (κ1) is 18.4. The topological polar surface area (TPSA) is 58.2 Å². The number of nitrogens with zero attached hydrogens (tertiary/aromatic N) is 2. The molecule has 3 aromatic rings. The molecule has 5 nitrogen and oxygen atoms in total. The Kier molecular flexibility index (Phi) is 4.96. The number of aromatic nitrogens is 2. The van der Waals surface area contributed by atoms with E-state index in [-0.39, 0.29) is 11.4 Å². The molecule has 4 rings (SSSR count). The van der Waals surface area contributed by atoms with E-state index in [0.717, 1.165) is 16.8 Å². The summed E-state index contributed by atoms with van der Waals surface area (Å²) >= 11 is 0. The van der Waals surface area contributed by atoms with Crippen LogP contribution in [0.15, 0.2) is 47.3 Å². The number of ether oxygens (including phenoxy) is 1. The highest BCUT2D eigenvalue weighted by atomic mass is 19.1. The van der Waals surface area contributed by atoms with Gasteiger partial charge < -0.3 is 9.72 Å². The number of aryl methyl sites for hydroxylation is 1. The summed E-state index contributed by atoms with van der Waals surface area (Å²) in [5.41, 5.74) is 3.92. The van der Waals surface area contributed by atoms with Gasteiger partial charge in [-0.15, -0.1) is 0 Å². The normalized spacial score (nSPS) is 14.0. The molecule has 144 valence electrons. The molecule has 28 heavy (non-hydrogen) atoms. The summed E-state index contributed by atoms with van der Waals surface area (Å²) in [7, 11) is 1.54. The first-order chi connectivity index (χ1) is 13.5. The number of H-pyrrole nitrogens is 1. The van der Waals surface area contributed by atoms with Gasteiger partial charge in [-0.25, -0.2) is 9.37 Å². The van der Waals surface area contributed by atoms with Crippen molar-refractivity contribution in [3.63, 3.8) is 0 Å². The number of rotatable bonds is 4. The van der Waals surface area contributed by atoms with Crippen molar-refractivity contribution in [2.24, 2.45) is 0 Å². The molecule has 0 amide bonds. The molecular formula is C22H22FN3O2. The molecule has 1 aliphatic rings. The predicted octanol–water partition coefficient (Wildman–Crippen LogP) is 3.45. The third kappa shape index (κ3) is 3.55. The van der Waals surface area contributed by atoms with Crippen LogP contribution in [-0.4, -0.2) is 28.5 Å². The molecule has 0 saturated heterocycles. The Morgan fingerprint density at radius 1 is 1.21 bits per heavy atom. The molecular weight excluding hydrogens is 357 g/mol. The Bertz CT molecular complexity index is 1060. The van der Waals surface area contributed by atoms with Gasteiger partial charge in [-0.3, -0.25) is 9.69 Å². The molecule has 1 aliphatic heterocycles. The maximum absolute atomic E-state index is 14.3. The van der Waals surface area contributed by atoms with Crippen molar-refractivity contribution in [2.75, 3.05) is 13.7 Å². The van der Waals surface area contributed by atoms with Crippen LogP contribution in [0.4, 0.5) is 4.39 Å². The molecule has 0 bridgehead atoms. The van der Waals surface area contributed by atoms with Gasteiger partial charge in [0.2, 0.25) is 0 Å². The summed E-state index contributed by atoms with van der Waals surface area (Å²) in [6.45, 7) is 3.58. The van der Waals surface area contributed by atoms with E-state index < -0.39 is 0 Å². The number of halogens is 1. The Morgan fingerprint density at radius 3 is 2.75 bits per heavy atom. The van der Waals surface area contributed by atoms with Crippen molar-refractivity contribution >= 4 is 0 Å². The third-order valence-electron chi connectivity index (χ3n) is 5.16. The van der Waals surface area contributed by atoms with Crippen LogP contribution in [0.2, 0.25) is 0 Å². The van der Waals surface area contributed by atoms with Crippen molar-refractivity contribution < 1.29 is 9.13 Å². The maximum atomic E-state index is 14.3. The quantitative estimate of drug-likeness (QED) is 0.754. The van der Waals surface area contributed by atoms with Crippen LogP contribution in [0.25, 0.3) is 11.4 Å². The molecule has 0 aliphatic carbocycles. The molecule has 0 saturated carbocycles. The highest BCUT2D eigenvalue weighted by molar-refractivity contribution is 5.55. The lowest BCUT2D eigenvalue weighted by Crippen LogP contribution is -2.35. The molecule has 1 N–H and O–H groups in total. The van der Waals surface area contributed by atoms with Crippen LogP contribution in [0.5, 0.6) is 5.75 Å². The molecule has 1 aromatic heterocycles. The van der Waals surface area contributed by atoms with E-state index in [0.29, 0.717) is 48.8 Å². The Morgan fingerprint density at radius 2 is 2.00 bits per heavy atom. The first-order valence-corrected chi connectivity index (χ1v) is 9.28. The summed E-state index contributed by atoms with van der Waals surface area (Å²) in [5, 5.41) is 0. The standard InChI is InChI=1S/C22H22FN3O2/c1-14-6-8-15(9-7-14)21-24-19-13-26(11-10-16(19)22(27)25-21)12-17-18(23)4-3-5-20(17)28-2/h3-9H,10-13H2,1-2H3,(H,24,25,27). The zero-order valence-corrected chi connectivity index (χ0v) is 16.0. The fraction of sp³-hybridized carbons (Fsp3) is 0.273. The average molecular weight is 379 g/mol. The van der Waals surface area contributed by atoms with Gasteiger partial charge in [0.05, 0.1) is 12.8 Å². The summed E-state index contributed by atoms with van der Waals surface area (Å²) in [5.74, 6) is 0.809. The van der Waals surface area contributed by atoms with Gasteiger partial charge in [-0.05, 0) is 25.5 Å². The first-order valence-electron chi connectivity index (χ1n) is 9.28. The molecule has 2 aromatic carbocycles. The van der Waals surface area contributed by atoms with Gasteiger partial charge in [0, 0.05) is 36.3 Å². The zero-order chi connectivity index (χ0) is 19.7. The molecule has 0 fully saturated rings. The Hall–Kier alpha value is -2.99. The largest absolute Gasteiger partial charge is 0.496 e. The van der Waals surface area contributed by atoms with Crippen LogP contribution >= 0.6 is 0 Å². The Balaban J connectivity index is 1.63. The van der Waals surface area contributed by atoms with Gasteiger partial charge in [0.1, 0.15) is 17.4 Å². The van der Waals surface area contributed by atoms with E-state index in [2.05, 4.69) is 9.88 Å². The van der Waals surface area contributed by atoms with Crippen molar-refractivity contribution in [1.82, 2.24) is 14.9 Å². The maximum Gasteiger partial charge on any atom is 0.254 e. The van der Waals surface area contributed by atoms with Crippen LogP contribution in [0.3, 0.4) is 0 Å². The third-order valence-corrected chi connectivity index (χ3v) is 5.16. The van der Waals surface area contributed by atoms with Gasteiger partial charge in [-0.1, -0.05) is 35.9 Å². The number of nitrogens with one attached hydrogen (secondary N) is 1. The number of benzene rings is 2. The summed E-state index contributed by atoms with van der Waals surface area (Å²) in [6.07, 6.45) is 0.586. The molecule has 6 heteroatoms. The zero-order valence-electron chi connectivity index (χ0n) is 16.0. The van der Waals surface area contributed by atoms with Crippen LogP contribution in [-0.2, 0) is 19.5 Å². The van der Waals surface area contributed by atoms with Crippen molar-refractivity contribution in [1.29, 1.82) is 0 Å². The number of fused-ring (bicyclic) bond motifs is 1. The summed E-state index contributed by atoms with van der Waals surface area (Å²) in [4.78, 5) is 22.2. The lowest BCUT2D eigenvalue weighted by molar-refractivity contribution is 0.233. The summed E-state index contributed by atoms with van der Waals surface area (Å²) in [6, 6.07) is 12.7. The fourth-order valence-corrected chi connectivity index (χ4v) is 3.58. The van der Waals surface area contributed by atoms with Gasteiger partial charge in [-0.2, -0.15) is 0 Å². The van der Waals surface area contributed by atoms with Crippen molar-refractivity contribution in [3.05, 3.63) is 81.0 Å². The highest BCUT2D eigenvalue weighted by Crippen LogP contribution is 2.26. The van der Waals surface area contributed by atoms with Crippen LogP contribution in [0.1, 0.15) is 22.4 Å². The fourth-order valence-electron chi connectivity index (χ4n) is 3.58. The van der Waals surface area contributed by atoms with E-state index in [1.54, 1.807) is 19.2 Å². The minimum atomic E-state index is -0.288. The van der Waals surface area contributed by atoms with Gasteiger partial charge in [0.25, 0.3) is 5.56 Å². The van der Waals surface area contributed by atoms with E-state index in [1.807, 2.05) is 31.2 Å². The van der Waals surface area contributed by atoms with Crippen molar-refractivity contribution in [2.45, 2.75) is 26.4 Å². The van der Waals surface area contributed by atoms with E-state index in [9.17, 15) is 9.18 Å². The second-order valence-corrected chi connectivity index (χ2v) is 7.09. The molecule has 0 atom stereocenters. The second kappa shape index (κ2) is 7.56.